The summed E-state index contributed by atoms with van der Waals surface area (Å²) in [5.74, 6) is -3.98. The fraction of sp³-hybridized carbons (Fsp3) is 0.389. The number of carboxylic acids is 2. The molecule has 2 atom stereocenters. The van der Waals surface area contributed by atoms with E-state index < -0.39 is 36.1 Å². The average Bonchev–Trinajstić information content (AvgIpc) is 3.01. The van der Waals surface area contributed by atoms with Crippen molar-refractivity contribution in [2.45, 2.75) is 31.4 Å². The molecule has 1 unspecified atom stereocenters. The Morgan fingerprint density at radius 3 is 2.63 bits per heavy atom. The van der Waals surface area contributed by atoms with Gasteiger partial charge in [0.2, 0.25) is 0 Å². The number of H-pyrrole nitrogens is 1. The highest BCUT2D eigenvalue weighted by Crippen LogP contribution is 2.33. The summed E-state index contributed by atoms with van der Waals surface area (Å²) in [4.78, 5) is 22.4. The number of aromatic nitrogens is 2. The maximum absolute atomic E-state index is 13.7. The Labute approximate surface area is 174 Å². The standard InChI is InChI=1S/C14H15F2N3OS.C4H6O5/c15-9-3-8-4-11(7-20-13(8)12(16)5-9)19-10(1-2-17)6-18-14(19)21;5-2(4(8)9)1-3(6)7/h3,5-6,11H,1-2,4,7,17H2,(H,18,21);2,5H,1H2,(H,6,7)(H,8,9)/t11-;/m1./s1. The summed E-state index contributed by atoms with van der Waals surface area (Å²) >= 11 is 5.28. The molecule has 0 spiro atoms. The number of nitrogens with two attached hydrogens (primary N) is 1. The van der Waals surface area contributed by atoms with E-state index in [0.29, 0.717) is 36.3 Å². The van der Waals surface area contributed by atoms with Crippen molar-refractivity contribution in [1.82, 2.24) is 9.55 Å². The van der Waals surface area contributed by atoms with Crippen molar-refractivity contribution < 1.29 is 38.4 Å². The van der Waals surface area contributed by atoms with Gasteiger partial charge in [0.25, 0.3) is 0 Å². The molecule has 0 aliphatic carbocycles. The second-order valence-corrected chi connectivity index (χ2v) is 6.88. The lowest BCUT2D eigenvalue weighted by Gasteiger charge is -2.27. The van der Waals surface area contributed by atoms with Crippen LogP contribution in [0.1, 0.15) is 23.7 Å². The Morgan fingerprint density at radius 1 is 1.37 bits per heavy atom. The number of hydrogen-bond donors (Lipinski definition) is 5. The van der Waals surface area contributed by atoms with Crippen molar-refractivity contribution in [3.63, 3.8) is 0 Å². The van der Waals surface area contributed by atoms with Crippen LogP contribution in [0.3, 0.4) is 0 Å². The minimum atomic E-state index is -1.79. The molecule has 6 N–H and O–H groups in total. The molecule has 3 rings (SSSR count). The quantitative estimate of drug-likeness (QED) is 0.419. The number of nitrogens with one attached hydrogen (secondary N) is 1. The first kappa shape index (κ1) is 23.4. The second kappa shape index (κ2) is 10.3. The normalized spacial score (nSPS) is 15.9. The van der Waals surface area contributed by atoms with Gasteiger partial charge in [-0.1, -0.05) is 0 Å². The number of aliphatic hydroxyl groups excluding tert-OH is 1. The number of halogens is 2. The van der Waals surface area contributed by atoms with Gasteiger partial charge in [0.1, 0.15) is 12.4 Å². The molecular weight excluding hydrogens is 424 g/mol. The molecule has 1 aromatic carbocycles. The summed E-state index contributed by atoms with van der Waals surface area (Å²) in [6, 6.07) is 2.05. The van der Waals surface area contributed by atoms with Gasteiger partial charge >= 0.3 is 11.9 Å². The molecule has 9 nitrogen and oxygen atoms in total. The molecule has 1 aromatic heterocycles. The summed E-state index contributed by atoms with van der Waals surface area (Å²) in [6.45, 7) is 0.791. The van der Waals surface area contributed by atoms with Gasteiger partial charge in [-0.15, -0.1) is 0 Å². The molecule has 2 heterocycles. The van der Waals surface area contributed by atoms with Crippen LogP contribution in [0.4, 0.5) is 8.78 Å². The number of rotatable bonds is 6. The van der Waals surface area contributed by atoms with Gasteiger partial charge in [0.05, 0.1) is 12.5 Å². The fourth-order valence-corrected chi connectivity index (χ4v) is 3.32. The molecule has 30 heavy (non-hydrogen) atoms. The van der Waals surface area contributed by atoms with Crippen LogP contribution in [0.15, 0.2) is 18.3 Å². The van der Waals surface area contributed by atoms with E-state index in [-0.39, 0.29) is 11.8 Å². The van der Waals surface area contributed by atoms with Crippen molar-refractivity contribution in [2.75, 3.05) is 13.2 Å². The maximum atomic E-state index is 13.7. The topological polar surface area (TPSA) is 151 Å². The second-order valence-electron chi connectivity index (χ2n) is 6.49. The number of imidazole rings is 1. The minimum Gasteiger partial charge on any atom is -0.488 e. The summed E-state index contributed by atoms with van der Waals surface area (Å²) in [6.07, 6.45) is 0.413. The van der Waals surface area contributed by atoms with E-state index in [1.807, 2.05) is 10.8 Å². The van der Waals surface area contributed by atoms with Gasteiger partial charge in [-0.2, -0.15) is 0 Å². The van der Waals surface area contributed by atoms with Gasteiger partial charge in [0.15, 0.2) is 22.4 Å². The van der Waals surface area contributed by atoms with E-state index in [9.17, 15) is 18.4 Å². The molecule has 0 saturated carbocycles. The number of aliphatic carboxylic acids is 2. The minimum absolute atomic E-state index is 0.0981. The number of hydrogen-bond acceptors (Lipinski definition) is 6. The van der Waals surface area contributed by atoms with Crippen molar-refractivity contribution in [3.8, 4) is 5.75 Å². The van der Waals surface area contributed by atoms with Crippen LogP contribution in [0.5, 0.6) is 5.75 Å². The van der Waals surface area contributed by atoms with Crippen molar-refractivity contribution in [1.29, 1.82) is 0 Å². The number of fused-ring (bicyclic) bond motifs is 1. The van der Waals surface area contributed by atoms with Crippen LogP contribution in [-0.4, -0.2) is 56.1 Å². The molecule has 0 bridgehead atoms. The third-order valence-corrected chi connectivity index (χ3v) is 4.58. The molecule has 0 amide bonds. The molecule has 0 fully saturated rings. The monoisotopic (exact) mass is 445 g/mol. The number of aromatic amines is 1. The Morgan fingerprint density at radius 2 is 2.07 bits per heavy atom. The molecule has 1 aliphatic heterocycles. The van der Waals surface area contributed by atoms with E-state index in [1.54, 1.807) is 0 Å². The van der Waals surface area contributed by atoms with Crippen LogP contribution in [0.25, 0.3) is 0 Å². The van der Waals surface area contributed by atoms with Crippen LogP contribution < -0.4 is 10.5 Å². The van der Waals surface area contributed by atoms with Crippen molar-refractivity contribution in [2.24, 2.45) is 5.73 Å². The van der Waals surface area contributed by atoms with E-state index in [4.69, 9.17) is 38.0 Å². The third-order valence-electron chi connectivity index (χ3n) is 4.27. The highest BCUT2D eigenvalue weighted by Gasteiger charge is 2.26. The SMILES string of the molecule is NCCc1c[nH]c(=S)n1[C@H]1COc2c(F)cc(F)cc2C1.O=C(O)CC(O)C(=O)O. The highest BCUT2D eigenvalue weighted by atomic mass is 32.1. The Bertz CT molecular complexity index is 977. The zero-order valence-electron chi connectivity index (χ0n) is 15.7. The van der Waals surface area contributed by atoms with Gasteiger partial charge in [-0.25, -0.2) is 13.6 Å². The Hall–Kier alpha value is -2.83. The first-order valence-corrected chi connectivity index (χ1v) is 9.27. The predicted octanol–water partition coefficient (Wildman–Crippen LogP) is 1.41. The van der Waals surface area contributed by atoms with Crippen LogP contribution >= 0.6 is 12.2 Å². The van der Waals surface area contributed by atoms with Gasteiger partial charge < -0.3 is 35.3 Å². The average molecular weight is 445 g/mol. The van der Waals surface area contributed by atoms with Crippen LogP contribution in [0.2, 0.25) is 0 Å². The van der Waals surface area contributed by atoms with Crippen LogP contribution in [-0.2, 0) is 22.4 Å². The highest BCUT2D eigenvalue weighted by molar-refractivity contribution is 7.71. The maximum Gasteiger partial charge on any atom is 0.333 e. The molecule has 12 heteroatoms. The van der Waals surface area contributed by atoms with Gasteiger partial charge in [0, 0.05) is 36.4 Å². The van der Waals surface area contributed by atoms with E-state index >= 15 is 0 Å². The number of carboxylic acid groups (broad SMARTS) is 2. The van der Waals surface area contributed by atoms with Crippen molar-refractivity contribution in [3.05, 3.63) is 46.0 Å². The lowest BCUT2D eigenvalue weighted by Crippen LogP contribution is -2.27. The molecule has 0 radical (unpaired) electrons. The molecule has 1 aliphatic rings. The van der Waals surface area contributed by atoms with E-state index in [0.717, 1.165) is 11.8 Å². The summed E-state index contributed by atoms with van der Waals surface area (Å²) in [5, 5.41) is 24.1. The van der Waals surface area contributed by atoms with Crippen molar-refractivity contribution >= 4 is 24.2 Å². The predicted molar refractivity (Wildman–Crippen MR) is 103 cm³/mol. The fourth-order valence-electron chi connectivity index (χ4n) is 2.99. The lowest BCUT2D eigenvalue weighted by atomic mass is 10.0. The molecule has 164 valence electrons. The number of aliphatic hydroxyl groups is 1. The third kappa shape index (κ3) is 5.84. The van der Waals surface area contributed by atoms with Gasteiger partial charge in [-0.3, -0.25) is 4.79 Å². The van der Waals surface area contributed by atoms with Gasteiger partial charge in [-0.05, 0) is 24.8 Å². The Kier molecular flexibility index (Phi) is 8.03. The first-order chi connectivity index (χ1) is 14.1. The molecular formula is C18H21F2N3O6S. The smallest absolute Gasteiger partial charge is 0.333 e. The largest absolute Gasteiger partial charge is 0.488 e. The van der Waals surface area contributed by atoms with E-state index in [1.165, 1.54) is 6.07 Å². The summed E-state index contributed by atoms with van der Waals surface area (Å²) in [7, 11) is 0. The summed E-state index contributed by atoms with van der Waals surface area (Å²) in [5.41, 5.74) is 7.08. The number of nitrogens with zero attached hydrogens (tertiary/aromatic N) is 1. The van der Waals surface area contributed by atoms with E-state index in [2.05, 4.69) is 4.98 Å². The Balaban J connectivity index is 0.000000303. The summed E-state index contributed by atoms with van der Waals surface area (Å²) < 4.78 is 35.0. The lowest BCUT2D eigenvalue weighted by molar-refractivity contribution is -0.152. The number of carbonyl (C=O) groups is 2. The zero-order chi connectivity index (χ0) is 22.4. The number of ether oxygens (including phenoxy) is 1. The molecule has 0 saturated heterocycles. The first-order valence-electron chi connectivity index (χ1n) is 8.86. The molecule has 2 aromatic rings. The zero-order valence-corrected chi connectivity index (χ0v) is 16.5. The van der Waals surface area contributed by atoms with Crippen LogP contribution in [0, 0.1) is 16.4 Å². The number of benzene rings is 1.